The molecule has 4 aromatic rings. The minimum atomic E-state index is -1.15. The number of nitrogens with zero attached hydrogens (tertiary/aromatic N) is 4. The van der Waals surface area contributed by atoms with Gasteiger partial charge in [0.25, 0.3) is 0 Å². The summed E-state index contributed by atoms with van der Waals surface area (Å²) in [6.45, 7) is 1.82. The molecule has 146 valence electrons. The standard InChI is InChI=1S/C20H16FN5O3/c1-11-3-4-14(13(21)9-11)23-20-24-15-5-6-17(25-18(15)26(20)2)29-12-7-8-22-16(10-12)19(27)28/h3-10H,1-2H3,(H,23,24)(H,27,28). The van der Waals surface area contributed by atoms with Crippen molar-refractivity contribution < 1.29 is 19.0 Å². The van der Waals surface area contributed by atoms with Crippen LogP contribution in [0, 0.1) is 12.7 Å². The number of carboxylic acid groups (broad SMARTS) is 1. The summed E-state index contributed by atoms with van der Waals surface area (Å²) in [6, 6.07) is 11.1. The number of anilines is 2. The maximum Gasteiger partial charge on any atom is 0.354 e. The zero-order valence-electron chi connectivity index (χ0n) is 15.5. The molecule has 0 atom stereocenters. The SMILES string of the molecule is Cc1ccc(Nc2nc3ccc(Oc4ccnc(C(=O)O)c4)nc3n2C)c(F)c1. The Morgan fingerprint density at radius 1 is 1.17 bits per heavy atom. The zero-order valence-corrected chi connectivity index (χ0v) is 15.5. The molecule has 0 aliphatic carbocycles. The largest absolute Gasteiger partial charge is 0.477 e. The Morgan fingerprint density at radius 2 is 2.00 bits per heavy atom. The van der Waals surface area contributed by atoms with Gasteiger partial charge in [-0.1, -0.05) is 6.07 Å². The predicted octanol–water partition coefficient (Wildman–Crippen LogP) is 4.04. The van der Waals surface area contributed by atoms with Crippen molar-refractivity contribution in [1.29, 1.82) is 0 Å². The van der Waals surface area contributed by atoms with E-state index in [-0.39, 0.29) is 17.4 Å². The van der Waals surface area contributed by atoms with Crippen molar-refractivity contribution in [3.8, 4) is 11.6 Å². The van der Waals surface area contributed by atoms with Gasteiger partial charge in [-0.2, -0.15) is 4.98 Å². The normalized spacial score (nSPS) is 10.9. The summed E-state index contributed by atoms with van der Waals surface area (Å²) in [6.07, 6.45) is 1.35. The maximum atomic E-state index is 14.1. The Labute approximate surface area is 164 Å². The number of ether oxygens (including phenoxy) is 1. The topological polar surface area (TPSA) is 102 Å². The van der Waals surface area contributed by atoms with E-state index in [1.807, 2.05) is 6.92 Å². The Morgan fingerprint density at radius 3 is 2.76 bits per heavy atom. The highest BCUT2D eigenvalue weighted by molar-refractivity contribution is 5.85. The molecule has 1 aromatic carbocycles. The zero-order chi connectivity index (χ0) is 20.5. The van der Waals surface area contributed by atoms with E-state index in [9.17, 15) is 9.18 Å². The van der Waals surface area contributed by atoms with Gasteiger partial charge in [-0.15, -0.1) is 0 Å². The monoisotopic (exact) mass is 393 g/mol. The molecule has 8 nitrogen and oxygen atoms in total. The molecule has 0 saturated carbocycles. The highest BCUT2D eigenvalue weighted by atomic mass is 19.1. The Kier molecular flexibility index (Phi) is 4.55. The van der Waals surface area contributed by atoms with Crippen molar-refractivity contribution in [2.45, 2.75) is 6.92 Å². The predicted molar refractivity (Wildman–Crippen MR) is 104 cm³/mol. The van der Waals surface area contributed by atoms with Crippen LogP contribution >= 0.6 is 0 Å². The molecular formula is C20H16FN5O3. The molecule has 3 heterocycles. The molecule has 3 aromatic heterocycles. The Bertz CT molecular complexity index is 1240. The number of aryl methyl sites for hydroxylation is 2. The summed E-state index contributed by atoms with van der Waals surface area (Å²) in [4.78, 5) is 23.6. The van der Waals surface area contributed by atoms with Crippen LogP contribution in [-0.4, -0.2) is 30.6 Å². The number of rotatable bonds is 5. The maximum absolute atomic E-state index is 14.1. The molecular weight excluding hydrogens is 377 g/mol. The van der Waals surface area contributed by atoms with E-state index in [2.05, 4.69) is 20.3 Å². The second kappa shape index (κ2) is 7.19. The van der Waals surface area contributed by atoms with Crippen molar-refractivity contribution >= 4 is 28.8 Å². The summed E-state index contributed by atoms with van der Waals surface area (Å²) in [7, 11) is 1.75. The number of aromatic nitrogens is 4. The lowest BCUT2D eigenvalue weighted by atomic mass is 10.2. The number of carboxylic acids is 1. The van der Waals surface area contributed by atoms with Gasteiger partial charge in [-0.05, 0) is 36.8 Å². The summed E-state index contributed by atoms with van der Waals surface area (Å²) in [5.41, 5.74) is 2.11. The minimum Gasteiger partial charge on any atom is -0.477 e. The first kappa shape index (κ1) is 18.4. The van der Waals surface area contributed by atoms with Gasteiger partial charge in [-0.3, -0.25) is 4.57 Å². The molecule has 4 rings (SSSR count). The highest BCUT2D eigenvalue weighted by Crippen LogP contribution is 2.26. The number of benzene rings is 1. The number of pyridine rings is 2. The molecule has 2 N–H and O–H groups in total. The molecule has 0 fully saturated rings. The van der Waals surface area contributed by atoms with Gasteiger partial charge < -0.3 is 15.2 Å². The third-order valence-electron chi connectivity index (χ3n) is 4.23. The Hall–Kier alpha value is -4.01. The van der Waals surface area contributed by atoms with E-state index in [0.717, 1.165) is 5.56 Å². The third kappa shape index (κ3) is 3.70. The molecule has 0 bridgehead atoms. The van der Waals surface area contributed by atoms with Crippen molar-refractivity contribution in [2.75, 3.05) is 5.32 Å². The molecule has 0 aliphatic rings. The summed E-state index contributed by atoms with van der Waals surface area (Å²) in [5, 5.41) is 12.0. The van der Waals surface area contributed by atoms with Crippen molar-refractivity contribution in [3.63, 3.8) is 0 Å². The third-order valence-corrected chi connectivity index (χ3v) is 4.23. The first-order valence-corrected chi connectivity index (χ1v) is 8.64. The van der Waals surface area contributed by atoms with E-state index in [0.29, 0.717) is 28.5 Å². The summed E-state index contributed by atoms with van der Waals surface area (Å²) in [5.74, 6) is -0.544. The van der Waals surface area contributed by atoms with Gasteiger partial charge in [0.2, 0.25) is 11.8 Å². The fraction of sp³-hybridized carbons (Fsp3) is 0.100. The minimum absolute atomic E-state index is 0.129. The van der Waals surface area contributed by atoms with E-state index in [1.165, 1.54) is 24.4 Å². The van der Waals surface area contributed by atoms with E-state index in [4.69, 9.17) is 9.84 Å². The molecule has 29 heavy (non-hydrogen) atoms. The molecule has 9 heteroatoms. The second-order valence-electron chi connectivity index (χ2n) is 6.38. The number of imidazole rings is 1. The number of nitrogens with one attached hydrogen (secondary N) is 1. The van der Waals surface area contributed by atoms with Crippen molar-refractivity contribution in [3.05, 3.63) is 65.7 Å². The van der Waals surface area contributed by atoms with Gasteiger partial charge in [0.1, 0.15) is 17.1 Å². The number of halogens is 1. The lowest BCUT2D eigenvalue weighted by molar-refractivity contribution is 0.0690. The first-order chi connectivity index (χ1) is 13.9. The summed E-state index contributed by atoms with van der Waals surface area (Å²) >= 11 is 0. The number of carbonyl (C=O) groups is 1. The van der Waals surface area contributed by atoms with E-state index >= 15 is 0 Å². The van der Waals surface area contributed by atoms with Gasteiger partial charge >= 0.3 is 5.97 Å². The Balaban J connectivity index is 1.63. The van der Waals surface area contributed by atoms with Crippen LogP contribution in [0.25, 0.3) is 11.2 Å². The van der Waals surface area contributed by atoms with Gasteiger partial charge in [0.05, 0.1) is 5.69 Å². The number of aromatic carboxylic acids is 1. The molecule has 0 amide bonds. The van der Waals surface area contributed by atoms with Crippen molar-refractivity contribution in [2.24, 2.45) is 7.05 Å². The summed E-state index contributed by atoms with van der Waals surface area (Å²) < 4.78 is 21.5. The van der Waals surface area contributed by atoms with Gasteiger partial charge in [0.15, 0.2) is 11.3 Å². The average molecular weight is 393 g/mol. The lowest BCUT2D eigenvalue weighted by Gasteiger charge is -2.08. The van der Waals surface area contributed by atoms with E-state index in [1.54, 1.807) is 35.9 Å². The fourth-order valence-corrected chi connectivity index (χ4v) is 2.77. The van der Waals surface area contributed by atoms with Gasteiger partial charge in [0, 0.05) is 25.4 Å². The molecule has 0 spiro atoms. The quantitative estimate of drug-likeness (QED) is 0.527. The van der Waals surface area contributed by atoms with Crippen LogP contribution < -0.4 is 10.1 Å². The van der Waals surface area contributed by atoms with Crippen LogP contribution in [0.5, 0.6) is 11.6 Å². The van der Waals surface area contributed by atoms with Crippen LogP contribution in [0.1, 0.15) is 16.1 Å². The van der Waals surface area contributed by atoms with E-state index < -0.39 is 5.97 Å². The van der Waals surface area contributed by atoms with Crippen LogP contribution in [0.3, 0.4) is 0 Å². The molecule has 0 aliphatic heterocycles. The number of hydrogen-bond donors (Lipinski definition) is 2. The van der Waals surface area contributed by atoms with Crippen LogP contribution in [0.15, 0.2) is 48.7 Å². The number of fused-ring (bicyclic) bond motifs is 1. The van der Waals surface area contributed by atoms with Crippen LogP contribution in [0.4, 0.5) is 16.0 Å². The highest BCUT2D eigenvalue weighted by Gasteiger charge is 2.13. The number of hydrogen-bond acceptors (Lipinski definition) is 6. The molecule has 0 radical (unpaired) electrons. The lowest BCUT2D eigenvalue weighted by Crippen LogP contribution is -2.02. The smallest absolute Gasteiger partial charge is 0.354 e. The average Bonchev–Trinajstić information content (AvgIpc) is 2.99. The van der Waals surface area contributed by atoms with Crippen LogP contribution in [0.2, 0.25) is 0 Å². The van der Waals surface area contributed by atoms with Crippen molar-refractivity contribution in [1.82, 2.24) is 19.5 Å². The fourth-order valence-electron chi connectivity index (χ4n) is 2.77. The van der Waals surface area contributed by atoms with Gasteiger partial charge in [-0.25, -0.2) is 19.2 Å². The molecule has 0 unspecified atom stereocenters. The first-order valence-electron chi connectivity index (χ1n) is 8.64. The van der Waals surface area contributed by atoms with Crippen LogP contribution in [-0.2, 0) is 7.05 Å². The molecule has 0 saturated heterocycles. The second-order valence-corrected chi connectivity index (χ2v) is 6.38.